The summed E-state index contributed by atoms with van der Waals surface area (Å²) in [5, 5.41) is 8.92. The van der Waals surface area contributed by atoms with Gasteiger partial charge in [-0.3, -0.25) is 4.18 Å². The normalized spacial score (nSPS) is 23.0. The summed E-state index contributed by atoms with van der Waals surface area (Å²) in [4.78, 5) is 12.1. The van der Waals surface area contributed by atoms with Crippen LogP contribution in [0.25, 0.3) is 0 Å². The monoisotopic (exact) mass is 299 g/mol. The van der Waals surface area contributed by atoms with E-state index >= 15 is 0 Å². The Morgan fingerprint density at radius 3 is 2.40 bits per heavy atom. The van der Waals surface area contributed by atoms with Gasteiger partial charge in [-0.2, -0.15) is 8.42 Å². The fourth-order valence-electron chi connectivity index (χ4n) is 2.14. The molecule has 0 radical (unpaired) electrons. The second-order valence-electron chi connectivity index (χ2n) is 5.07. The Labute approximate surface area is 118 Å². The van der Waals surface area contributed by atoms with Gasteiger partial charge < -0.3 is 10.0 Å². The number of carboxylic acid groups (broad SMARTS) is 1. The molecule has 0 bridgehead atoms. The SMILES string of the molecule is Cc1ccc(S(=O)(=O)OC2CN(C(=O)O)CC2C)cc1. The number of benzene rings is 1. The lowest BCUT2D eigenvalue weighted by Crippen LogP contribution is -2.29. The first-order valence-corrected chi connectivity index (χ1v) is 7.68. The second-order valence-corrected chi connectivity index (χ2v) is 6.64. The highest BCUT2D eigenvalue weighted by molar-refractivity contribution is 7.86. The Kier molecular flexibility index (Phi) is 4.01. The molecule has 1 aromatic carbocycles. The summed E-state index contributed by atoms with van der Waals surface area (Å²) >= 11 is 0. The Hall–Kier alpha value is -1.60. The number of amides is 1. The molecular formula is C13H17NO5S. The summed E-state index contributed by atoms with van der Waals surface area (Å²) < 4.78 is 29.5. The standard InChI is InChI=1S/C13H17NO5S/c1-9-3-5-11(6-4-9)20(17,18)19-12-8-14(13(15)16)7-10(12)2/h3-6,10,12H,7-8H2,1-2H3,(H,15,16). The summed E-state index contributed by atoms with van der Waals surface area (Å²) in [6, 6.07) is 6.36. The fourth-order valence-corrected chi connectivity index (χ4v) is 3.30. The Morgan fingerprint density at radius 1 is 1.30 bits per heavy atom. The summed E-state index contributed by atoms with van der Waals surface area (Å²) in [6.45, 7) is 3.99. The minimum Gasteiger partial charge on any atom is -0.465 e. The molecule has 1 saturated heterocycles. The molecule has 1 amide bonds. The first kappa shape index (κ1) is 14.8. The molecule has 7 heteroatoms. The zero-order chi connectivity index (χ0) is 14.9. The lowest BCUT2D eigenvalue weighted by Gasteiger charge is -2.15. The third kappa shape index (κ3) is 3.10. The van der Waals surface area contributed by atoms with Gasteiger partial charge in [0.25, 0.3) is 10.1 Å². The maximum atomic E-state index is 12.1. The smallest absolute Gasteiger partial charge is 0.407 e. The highest BCUT2D eigenvalue weighted by atomic mass is 32.2. The summed E-state index contributed by atoms with van der Waals surface area (Å²) in [5.41, 5.74) is 0.954. The molecule has 1 N–H and O–H groups in total. The van der Waals surface area contributed by atoms with E-state index in [4.69, 9.17) is 9.29 Å². The Bertz CT molecular complexity index is 596. The van der Waals surface area contributed by atoms with Gasteiger partial charge in [0.1, 0.15) is 0 Å². The zero-order valence-electron chi connectivity index (χ0n) is 11.3. The van der Waals surface area contributed by atoms with Crippen molar-refractivity contribution in [1.82, 2.24) is 4.90 Å². The van der Waals surface area contributed by atoms with Crippen molar-refractivity contribution in [3.63, 3.8) is 0 Å². The highest BCUT2D eigenvalue weighted by Gasteiger charge is 2.36. The number of aryl methyl sites for hydroxylation is 1. The number of hydrogen-bond donors (Lipinski definition) is 1. The molecule has 0 spiro atoms. The van der Waals surface area contributed by atoms with E-state index in [1.54, 1.807) is 19.1 Å². The number of nitrogens with zero attached hydrogens (tertiary/aromatic N) is 1. The molecule has 20 heavy (non-hydrogen) atoms. The molecule has 0 saturated carbocycles. The van der Waals surface area contributed by atoms with Crippen LogP contribution in [0.5, 0.6) is 0 Å². The van der Waals surface area contributed by atoms with Crippen LogP contribution in [0, 0.1) is 12.8 Å². The van der Waals surface area contributed by atoms with Crippen molar-refractivity contribution in [2.75, 3.05) is 13.1 Å². The van der Waals surface area contributed by atoms with E-state index in [-0.39, 0.29) is 23.9 Å². The van der Waals surface area contributed by atoms with Crippen LogP contribution in [-0.2, 0) is 14.3 Å². The molecule has 0 aromatic heterocycles. The van der Waals surface area contributed by atoms with E-state index in [0.717, 1.165) is 5.56 Å². The molecule has 1 heterocycles. The van der Waals surface area contributed by atoms with Crippen LogP contribution in [0.3, 0.4) is 0 Å². The van der Waals surface area contributed by atoms with Crippen molar-refractivity contribution in [2.24, 2.45) is 5.92 Å². The van der Waals surface area contributed by atoms with Gasteiger partial charge in [0, 0.05) is 12.5 Å². The molecule has 2 rings (SSSR count). The third-order valence-electron chi connectivity index (χ3n) is 3.37. The van der Waals surface area contributed by atoms with Crippen LogP contribution in [0.1, 0.15) is 12.5 Å². The number of carbonyl (C=O) groups is 1. The van der Waals surface area contributed by atoms with Crippen molar-refractivity contribution in [3.05, 3.63) is 29.8 Å². The van der Waals surface area contributed by atoms with Crippen LogP contribution < -0.4 is 0 Å². The van der Waals surface area contributed by atoms with Crippen LogP contribution >= 0.6 is 0 Å². The molecule has 1 aliphatic rings. The van der Waals surface area contributed by atoms with Crippen molar-refractivity contribution in [2.45, 2.75) is 24.8 Å². The summed E-state index contributed by atoms with van der Waals surface area (Å²) in [6.07, 6.45) is -1.70. The lowest BCUT2D eigenvalue weighted by molar-refractivity contribution is 0.145. The van der Waals surface area contributed by atoms with Gasteiger partial charge in [0.15, 0.2) is 0 Å². The average Bonchev–Trinajstić information content (AvgIpc) is 2.71. The van der Waals surface area contributed by atoms with E-state index in [0.29, 0.717) is 0 Å². The molecule has 1 aromatic rings. The molecular weight excluding hydrogens is 282 g/mol. The van der Waals surface area contributed by atoms with Crippen molar-refractivity contribution < 1.29 is 22.5 Å². The fraction of sp³-hybridized carbons (Fsp3) is 0.462. The van der Waals surface area contributed by atoms with E-state index in [1.807, 2.05) is 6.92 Å². The maximum Gasteiger partial charge on any atom is 0.407 e. The molecule has 2 atom stereocenters. The second kappa shape index (κ2) is 5.41. The quantitative estimate of drug-likeness (QED) is 0.859. The minimum absolute atomic E-state index is 0.0710. The van der Waals surface area contributed by atoms with Gasteiger partial charge in [-0.05, 0) is 19.1 Å². The van der Waals surface area contributed by atoms with Crippen molar-refractivity contribution in [3.8, 4) is 0 Å². The number of hydrogen-bond acceptors (Lipinski definition) is 4. The minimum atomic E-state index is -3.86. The third-order valence-corrected chi connectivity index (χ3v) is 4.72. The number of likely N-dealkylation sites (tertiary alicyclic amines) is 1. The van der Waals surface area contributed by atoms with Crippen LogP contribution in [0.15, 0.2) is 29.2 Å². The van der Waals surface area contributed by atoms with Crippen LogP contribution in [0.2, 0.25) is 0 Å². The van der Waals surface area contributed by atoms with Gasteiger partial charge in [-0.15, -0.1) is 0 Å². The molecule has 1 fully saturated rings. The van der Waals surface area contributed by atoms with E-state index < -0.39 is 22.3 Å². The van der Waals surface area contributed by atoms with Gasteiger partial charge in [0.2, 0.25) is 0 Å². The first-order chi connectivity index (χ1) is 9.29. The lowest BCUT2D eigenvalue weighted by atomic mass is 10.1. The molecule has 2 unspecified atom stereocenters. The molecule has 0 aliphatic carbocycles. The zero-order valence-corrected chi connectivity index (χ0v) is 12.1. The molecule has 110 valence electrons. The average molecular weight is 299 g/mol. The summed E-state index contributed by atoms with van der Waals surface area (Å²) in [7, 11) is -3.86. The van der Waals surface area contributed by atoms with Gasteiger partial charge in [-0.25, -0.2) is 4.79 Å². The first-order valence-electron chi connectivity index (χ1n) is 6.27. The van der Waals surface area contributed by atoms with E-state index in [1.165, 1.54) is 17.0 Å². The molecule has 6 nitrogen and oxygen atoms in total. The van der Waals surface area contributed by atoms with Crippen LogP contribution in [-0.4, -0.2) is 43.7 Å². The van der Waals surface area contributed by atoms with E-state index in [9.17, 15) is 13.2 Å². The molecule has 1 aliphatic heterocycles. The maximum absolute atomic E-state index is 12.1. The predicted octanol–water partition coefficient (Wildman–Crippen LogP) is 1.70. The number of rotatable bonds is 3. The Morgan fingerprint density at radius 2 is 1.90 bits per heavy atom. The predicted molar refractivity (Wildman–Crippen MR) is 72.0 cm³/mol. The largest absolute Gasteiger partial charge is 0.465 e. The summed E-state index contributed by atoms with van der Waals surface area (Å²) in [5.74, 6) is -0.161. The van der Waals surface area contributed by atoms with Gasteiger partial charge >= 0.3 is 6.09 Å². The van der Waals surface area contributed by atoms with Crippen LogP contribution in [0.4, 0.5) is 4.79 Å². The highest BCUT2D eigenvalue weighted by Crippen LogP contribution is 2.24. The van der Waals surface area contributed by atoms with E-state index in [2.05, 4.69) is 0 Å². The Balaban J connectivity index is 2.13. The van der Waals surface area contributed by atoms with Gasteiger partial charge in [-0.1, -0.05) is 24.6 Å². The van der Waals surface area contributed by atoms with Gasteiger partial charge in [0.05, 0.1) is 17.5 Å². The van der Waals surface area contributed by atoms with Crippen molar-refractivity contribution >= 4 is 16.2 Å². The van der Waals surface area contributed by atoms with Crippen molar-refractivity contribution in [1.29, 1.82) is 0 Å². The topological polar surface area (TPSA) is 83.9 Å².